The van der Waals surface area contributed by atoms with Gasteiger partial charge in [-0.05, 0) is 0 Å². The van der Waals surface area contributed by atoms with Crippen LogP contribution in [0.15, 0.2) is 0 Å². The van der Waals surface area contributed by atoms with Crippen LogP contribution >= 0.6 is 0 Å². The van der Waals surface area contributed by atoms with Crippen molar-refractivity contribution in [1.29, 1.82) is 0 Å². The summed E-state index contributed by atoms with van der Waals surface area (Å²) in [5, 5.41) is 0. The fourth-order valence-electron chi connectivity index (χ4n) is 2.03. The molecule has 0 aliphatic rings. The average molecular weight is 680 g/mol. The molecule has 28 heteroatoms. The van der Waals surface area contributed by atoms with E-state index >= 15 is 0 Å². The van der Waals surface area contributed by atoms with Gasteiger partial charge in [-0.1, -0.05) is 0 Å². The zero-order valence-electron chi connectivity index (χ0n) is 17.0. The Morgan fingerprint density at radius 3 is 0.800 bits per heavy atom. The molecule has 0 fully saturated rings. The second-order valence-corrected chi connectivity index (χ2v) is 8.15. The van der Waals surface area contributed by atoms with E-state index in [1.165, 1.54) is 0 Å². The Hall–Kier alpha value is -1.74. The lowest BCUT2D eigenvalue weighted by molar-refractivity contribution is -0.478. The summed E-state index contributed by atoms with van der Waals surface area (Å²) in [6, 6.07) is 0. The average Bonchev–Trinajstić information content (AvgIpc) is 2.69. The summed E-state index contributed by atoms with van der Waals surface area (Å²) in [4.78, 5) is 0. The normalized spacial score (nSPS) is 16.9. The summed E-state index contributed by atoms with van der Waals surface area (Å²) >= 11 is 0. The van der Waals surface area contributed by atoms with Crippen molar-refractivity contribution in [3.63, 3.8) is 0 Å². The Morgan fingerprint density at radius 2 is 0.600 bits per heavy atom. The number of alkyl halides is 23. The highest BCUT2D eigenvalue weighted by Gasteiger charge is 2.98. The molecule has 0 atom stereocenters. The molecule has 0 rings (SSSR count). The summed E-state index contributed by atoms with van der Waals surface area (Å²) in [5.74, 6) is -89.6. The molecule has 40 heavy (non-hydrogen) atoms. The molecule has 0 amide bonds. The van der Waals surface area contributed by atoms with E-state index in [1.54, 1.807) is 0 Å². The van der Waals surface area contributed by atoms with Crippen LogP contribution in [0.25, 0.3) is 0 Å². The van der Waals surface area contributed by atoms with E-state index in [0.29, 0.717) is 0 Å². The van der Waals surface area contributed by atoms with Crippen molar-refractivity contribution in [1.82, 2.24) is 0 Å². The Labute approximate surface area is 202 Å². The van der Waals surface area contributed by atoms with Crippen LogP contribution in [0, 0.1) is 0 Å². The molecule has 0 bridgehead atoms. The molecule has 0 unspecified atom stereocenters. The molecule has 0 aromatic carbocycles. The predicted molar refractivity (Wildman–Crippen MR) is 73.0 cm³/mol. The van der Waals surface area contributed by atoms with Gasteiger partial charge in [-0.25, -0.2) is 4.18 Å². The van der Waals surface area contributed by atoms with Gasteiger partial charge in [0.2, 0.25) is 0 Å². The van der Waals surface area contributed by atoms with E-state index in [0.717, 1.165) is 0 Å². The first-order chi connectivity index (χ1) is 16.7. The maximum absolute atomic E-state index is 13.5. The highest BCUT2D eigenvalue weighted by atomic mass is 32.3. The van der Waals surface area contributed by atoms with Crippen molar-refractivity contribution in [2.45, 2.75) is 65.4 Å². The van der Waals surface area contributed by atoms with E-state index in [-0.39, 0.29) is 0 Å². The van der Waals surface area contributed by atoms with E-state index < -0.39 is 82.4 Å². The number of hydrogen-bond donors (Lipinski definition) is 1. The predicted octanol–water partition coefficient (Wildman–Crippen LogP) is 6.72. The molecular formula is C12H3F23O4S. The molecular weight excluding hydrogens is 677 g/mol. The van der Waals surface area contributed by atoms with Gasteiger partial charge in [-0.3, -0.25) is 4.55 Å². The van der Waals surface area contributed by atoms with Gasteiger partial charge in [0, 0.05) is 0 Å². The van der Waals surface area contributed by atoms with E-state index in [1.807, 2.05) is 0 Å². The van der Waals surface area contributed by atoms with Gasteiger partial charge in [-0.15, -0.1) is 0 Å². The van der Waals surface area contributed by atoms with Crippen molar-refractivity contribution >= 4 is 10.4 Å². The lowest BCUT2D eigenvalue weighted by atomic mass is 9.85. The SMILES string of the molecule is O=S(=O)(O)OCC(F)(F)C(F)(F)C(F)(F)C(F)(F)C(F)(F)C(F)(F)C(F)(F)C(F)(F)C(F)(F)C(F)(F)C(F)(F)F. The Balaban J connectivity index is 7.15. The molecule has 0 saturated carbocycles. The van der Waals surface area contributed by atoms with Crippen LogP contribution < -0.4 is 0 Å². The third kappa shape index (κ3) is 4.97. The number of rotatable bonds is 12. The standard InChI is InChI=1S/C12H3F23O4S/c13-2(14,1-39-40(36,37)38)3(15,16)4(17,18)5(19,20)6(21,22)7(23,24)8(25,26)9(27,28)10(29,30)11(31,32)12(33,34)35/h1H2,(H,36,37,38). The minimum Gasteiger partial charge on any atom is -0.264 e. The summed E-state index contributed by atoms with van der Waals surface area (Å²) in [6.07, 6.45) is -8.15. The molecule has 4 nitrogen and oxygen atoms in total. The monoisotopic (exact) mass is 680 g/mol. The molecule has 0 aromatic heterocycles. The van der Waals surface area contributed by atoms with Gasteiger partial charge >= 0.3 is 75.8 Å². The van der Waals surface area contributed by atoms with Gasteiger partial charge in [-0.2, -0.15) is 109 Å². The first-order valence-corrected chi connectivity index (χ1v) is 9.54. The second-order valence-electron chi connectivity index (χ2n) is 7.06. The van der Waals surface area contributed by atoms with Crippen LogP contribution in [0.2, 0.25) is 0 Å². The Bertz CT molecular complexity index is 1040. The molecule has 0 saturated heterocycles. The highest BCUT2D eigenvalue weighted by Crippen LogP contribution is 2.67. The quantitative estimate of drug-likeness (QED) is 0.184. The van der Waals surface area contributed by atoms with Crippen molar-refractivity contribution in [2.75, 3.05) is 6.61 Å². The molecule has 0 radical (unpaired) electrons. The summed E-state index contributed by atoms with van der Waals surface area (Å²) < 4.78 is 332. The zero-order valence-corrected chi connectivity index (χ0v) is 17.8. The second kappa shape index (κ2) is 9.38. The maximum Gasteiger partial charge on any atom is 0.460 e. The van der Waals surface area contributed by atoms with Crippen molar-refractivity contribution < 1.29 is 118 Å². The number of hydrogen-bond acceptors (Lipinski definition) is 3. The van der Waals surface area contributed by atoms with E-state index in [4.69, 9.17) is 4.55 Å². The topological polar surface area (TPSA) is 63.6 Å². The summed E-state index contributed by atoms with van der Waals surface area (Å²) in [6.45, 7) is -3.97. The molecule has 0 heterocycles. The third-order valence-electron chi connectivity index (χ3n) is 4.36. The Kier molecular flexibility index (Phi) is 8.97. The largest absolute Gasteiger partial charge is 0.460 e. The van der Waals surface area contributed by atoms with Crippen LogP contribution in [0.5, 0.6) is 0 Å². The van der Waals surface area contributed by atoms with Crippen LogP contribution in [0.4, 0.5) is 101 Å². The fourth-order valence-corrected chi connectivity index (χ4v) is 2.32. The first kappa shape index (κ1) is 38.3. The number of halogens is 23. The first-order valence-electron chi connectivity index (χ1n) is 8.17. The van der Waals surface area contributed by atoms with E-state index in [2.05, 4.69) is 4.18 Å². The fraction of sp³-hybridized carbons (Fsp3) is 1.00. The third-order valence-corrected chi connectivity index (χ3v) is 4.77. The van der Waals surface area contributed by atoms with Crippen LogP contribution in [0.3, 0.4) is 0 Å². The summed E-state index contributed by atoms with van der Waals surface area (Å²) in [5.41, 5.74) is 0. The molecule has 0 aliphatic heterocycles. The minimum absolute atomic E-state index is 2.36. The minimum atomic E-state index is -9.53. The van der Waals surface area contributed by atoms with Crippen molar-refractivity contribution in [3.05, 3.63) is 0 Å². The van der Waals surface area contributed by atoms with Crippen LogP contribution in [0.1, 0.15) is 0 Å². The lowest BCUT2D eigenvalue weighted by Gasteiger charge is -2.45. The zero-order chi connectivity index (χ0) is 33.4. The lowest BCUT2D eigenvalue weighted by Crippen LogP contribution is -2.77. The van der Waals surface area contributed by atoms with Crippen LogP contribution in [-0.2, 0) is 14.6 Å². The van der Waals surface area contributed by atoms with Gasteiger partial charge in [0.25, 0.3) is 0 Å². The Morgan fingerprint density at radius 1 is 0.400 bits per heavy atom. The van der Waals surface area contributed by atoms with Gasteiger partial charge < -0.3 is 0 Å². The molecule has 242 valence electrons. The summed E-state index contributed by atoms with van der Waals surface area (Å²) in [7, 11) is -6.43. The molecule has 0 aromatic rings. The highest BCUT2D eigenvalue weighted by molar-refractivity contribution is 7.80. The molecule has 0 spiro atoms. The van der Waals surface area contributed by atoms with Crippen molar-refractivity contribution in [3.8, 4) is 0 Å². The van der Waals surface area contributed by atoms with Gasteiger partial charge in [0.05, 0.1) is 0 Å². The molecule has 0 aliphatic carbocycles. The van der Waals surface area contributed by atoms with Gasteiger partial charge in [0.1, 0.15) is 6.61 Å². The maximum atomic E-state index is 13.5. The molecule has 1 N–H and O–H groups in total. The van der Waals surface area contributed by atoms with Crippen LogP contribution in [-0.4, -0.2) is 85.0 Å². The van der Waals surface area contributed by atoms with E-state index in [9.17, 15) is 109 Å². The smallest absolute Gasteiger partial charge is 0.264 e. The van der Waals surface area contributed by atoms with Crippen molar-refractivity contribution in [2.24, 2.45) is 0 Å². The van der Waals surface area contributed by atoms with Gasteiger partial charge in [0.15, 0.2) is 0 Å².